The molecular weight excluding hydrogens is 414 g/mol. The molecule has 2 amide bonds. The van der Waals surface area contributed by atoms with Gasteiger partial charge in [0.05, 0.1) is 40.7 Å². The van der Waals surface area contributed by atoms with Gasteiger partial charge in [-0.3, -0.25) is 9.59 Å². The van der Waals surface area contributed by atoms with Gasteiger partial charge in [0.25, 0.3) is 11.8 Å². The highest BCUT2D eigenvalue weighted by atomic mass is 16.5. The predicted octanol–water partition coefficient (Wildman–Crippen LogP) is 2.77. The van der Waals surface area contributed by atoms with E-state index in [0.717, 1.165) is 18.4 Å². The number of carbonyl (C=O) groups is 2. The largest absolute Gasteiger partial charge is 0.493 e. The first kappa shape index (κ1) is 24.5. The second-order valence-electron chi connectivity index (χ2n) is 6.66. The van der Waals surface area contributed by atoms with Crippen molar-refractivity contribution in [2.45, 2.75) is 19.8 Å². The van der Waals surface area contributed by atoms with Crippen LogP contribution in [0.25, 0.3) is 0 Å². The molecule has 0 fully saturated rings. The fourth-order valence-corrected chi connectivity index (χ4v) is 2.67. The number of benzene rings is 2. The second-order valence-corrected chi connectivity index (χ2v) is 6.66. The highest BCUT2D eigenvalue weighted by Gasteiger charge is 2.12. The van der Waals surface area contributed by atoms with Crippen LogP contribution in [0.2, 0.25) is 0 Å². The lowest BCUT2D eigenvalue weighted by molar-refractivity contribution is -0.120. The van der Waals surface area contributed by atoms with Gasteiger partial charge in [-0.1, -0.05) is 13.3 Å². The normalized spacial score (nSPS) is 10.5. The van der Waals surface area contributed by atoms with E-state index in [-0.39, 0.29) is 6.54 Å². The van der Waals surface area contributed by atoms with E-state index in [2.05, 4.69) is 22.8 Å². The summed E-state index contributed by atoms with van der Waals surface area (Å²) in [5.41, 5.74) is 3.43. The molecule has 0 aliphatic carbocycles. The maximum Gasteiger partial charge on any atom is 0.259 e. The Morgan fingerprint density at radius 1 is 0.938 bits per heavy atom. The Labute approximate surface area is 187 Å². The van der Waals surface area contributed by atoms with Crippen molar-refractivity contribution in [2.24, 2.45) is 5.10 Å². The molecule has 0 atom stereocenters. The van der Waals surface area contributed by atoms with Crippen molar-refractivity contribution in [2.75, 3.05) is 34.5 Å². The Morgan fingerprint density at radius 2 is 1.62 bits per heavy atom. The first-order chi connectivity index (χ1) is 15.5. The molecule has 2 aromatic carbocycles. The Hall–Kier alpha value is -3.75. The number of unbranched alkanes of at least 4 members (excludes halogenated alkanes) is 1. The van der Waals surface area contributed by atoms with Crippen LogP contribution in [0.1, 0.15) is 35.7 Å². The van der Waals surface area contributed by atoms with Gasteiger partial charge in [-0.05, 0) is 48.4 Å². The molecule has 32 heavy (non-hydrogen) atoms. The standard InChI is InChI=1S/C23H29N3O6/c1-5-6-11-32-19-9-7-16(12-20(19)30-3)14-25-26-22(27)15-24-23(28)17-8-10-18(29-2)21(13-17)31-4/h7-10,12-14H,5-6,11,15H2,1-4H3,(H,24,28)(H,26,27). The summed E-state index contributed by atoms with van der Waals surface area (Å²) in [6.07, 6.45) is 3.48. The number of methoxy groups -OCH3 is 3. The number of hydrogen-bond donors (Lipinski definition) is 2. The van der Waals surface area contributed by atoms with Crippen LogP contribution in [0.5, 0.6) is 23.0 Å². The van der Waals surface area contributed by atoms with Crippen molar-refractivity contribution >= 4 is 18.0 Å². The monoisotopic (exact) mass is 443 g/mol. The van der Waals surface area contributed by atoms with Crippen molar-refractivity contribution in [3.63, 3.8) is 0 Å². The van der Waals surface area contributed by atoms with Crippen molar-refractivity contribution < 1.29 is 28.5 Å². The zero-order valence-corrected chi connectivity index (χ0v) is 18.8. The third-order valence-corrected chi connectivity index (χ3v) is 4.40. The number of hydrazone groups is 1. The van der Waals surface area contributed by atoms with E-state index >= 15 is 0 Å². The molecule has 2 N–H and O–H groups in total. The van der Waals surface area contributed by atoms with Crippen molar-refractivity contribution in [1.29, 1.82) is 0 Å². The predicted molar refractivity (Wildman–Crippen MR) is 121 cm³/mol. The van der Waals surface area contributed by atoms with Crippen LogP contribution >= 0.6 is 0 Å². The van der Waals surface area contributed by atoms with E-state index < -0.39 is 11.8 Å². The molecule has 0 unspecified atom stereocenters. The number of carbonyl (C=O) groups excluding carboxylic acids is 2. The molecule has 0 saturated carbocycles. The molecular formula is C23H29N3O6. The Morgan fingerprint density at radius 3 is 2.31 bits per heavy atom. The molecule has 0 aromatic heterocycles. The molecule has 0 saturated heterocycles. The SMILES string of the molecule is CCCCOc1ccc(C=NNC(=O)CNC(=O)c2ccc(OC)c(OC)c2)cc1OC. The van der Waals surface area contributed by atoms with Crippen LogP contribution in [-0.2, 0) is 4.79 Å². The summed E-state index contributed by atoms with van der Waals surface area (Å²) in [5, 5.41) is 6.44. The fourth-order valence-electron chi connectivity index (χ4n) is 2.67. The molecule has 2 aromatic rings. The minimum atomic E-state index is -0.471. The lowest BCUT2D eigenvalue weighted by atomic mass is 10.2. The topological polar surface area (TPSA) is 107 Å². The zero-order valence-electron chi connectivity index (χ0n) is 18.8. The highest BCUT2D eigenvalue weighted by molar-refractivity contribution is 5.97. The minimum absolute atomic E-state index is 0.238. The number of ether oxygens (including phenoxy) is 4. The van der Waals surface area contributed by atoms with Crippen LogP contribution in [-0.4, -0.2) is 52.5 Å². The molecule has 0 aliphatic rings. The zero-order chi connectivity index (χ0) is 23.3. The van der Waals surface area contributed by atoms with Crippen LogP contribution in [0.3, 0.4) is 0 Å². The Bertz CT molecular complexity index is 945. The summed E-state index contributed by atoms with van der Waals surface area (Å²) >= 11 is 0. The highest BCUT2D eigenvalue weighted by Crippen LogP contribution is 2.28. The maximum atomic E-state index is 12.3. The third-order valence-electron chi connectivity index (χ3n) is 4.40. The van der Waals surface area contributed by atoms with E-state index in [1.807, 2.05) is 0 Å². The summed E-state index contributed by atoms with van der Waals surface area (Å²) < 4.78 is 21.4. The van der Waals surface area contributed by atoms with Gasteiger partial charge in [0.15, 0.2) is 23.0 Å². The van der Waals surface area contributed by atoms with E-state index in [9.17, 15) is 9.59 Å². The van der Waals surface area contributed by atoms with E-state index in [0.29, 0.717) is 35.2 Å². The molecule has 172 valence electrons. The lowest BCUT2D eigenvalue weighted by Crippen LogP contribution is -2.34. The molecule has 9 heteroatoms. The number of rotatable bonds is 12. The number of nitrogens with zero attached hydrogens (tertiary/aromatic N) is 1. The van der Waals surface area contributed by atoms with Crippen molar-refractivity contribution in [3.05, 3.63) is 47.5 Å². The van der Waals surface area contributed by atoms with Gasteiger partial charge in [0, 0.05) is 5.56 Å². The second kappa shape index (κ2) is 12.8. The van der Waals surface area contributed by atoms with Gasteiger partial charge in [0.1, 0.15) is 0 Å². The van der Waals surface area contributed by atoms with E-state index in [1.54, 1.807) is 37.4 Å². The van der Waals surface area contributed by atoms with Gasteiger partial charge in [-0.2, -0.15) is 5.10 Å². The molecule has 2 rings (SSSR count). The number of hydrogen-bond acceptors (Lipinski definition) is 7. The van der Waals surface area contributed by atoms with Gasteiger partial charge in [-0.15, -0.1) is 0 Å². The summed E-state index contributed by atoms with van der Waals surface area (Å²) in [4.78, 5) is 24.2. The average molecular weight is 444 g/mol. The van der Waals surface area contributed by atoms with Crippen molar-refractivity contribution in [3.8, 4) is 23.0 Å². The maximum absolute atomic E-state index is 12.3. The summed E-state index contributed by atoms with van der Waals surface area (Å²) in [7, 11) is 4.55. The first-order valence-electron chi connectivity index (χ1n) is 10.1. The van der Waals surface area contributed by atoms with Crippen LogP contribution < -0.4 is 29.7 Å². The van der Waals surface area contributed by atoms with Gasteiger partial charge >= 0.3 is 0 Å². The molecule has 9 nitrogen and oxygen atoms in total. The average Bonchev–Trinajstić information content (AvgIpc) is 2.82. The summed E-state index contributed by atoms with van der Waals surface area (Å²) in [6, 6.07) is 10.1. The van der Waals surface area contributed by atoms with Crippen LogP contribution in [0.4, 0.5) is 0 Å². The minimum Gasteiger partial charge on any atom is -0.493 e. The molecule has 0 spiro atoms. The van der Waals surface area contributed by atoms with Gasteiger partial charge < -0.3 is 24.3 Å². The van der Waals surface area contributed by atoms with Crippen LogP contribution in [0, 0.1) is 0 Å². The number of nitrogens with one attached hydrogen (secondary N) is 2. The molecule has 0 heterocycles. The summed E-state index contributed by atoms with van der Waals surface area (Å²) in [5.74, 6) is 1.27. The smallest absolute Gasteiger partial charge is 0.259 e. The van der Waals surface area contributed by atoms with Gasteiger partial charge in [-0.25, -0.2) is 5.43 Å². The van der Waals surface area contributed by atoms with Crippen molar-refractivity contribution in [1.82, 2.24) is 10.7 Å². The quantitative estimate of drug-likeness (QED) is 0.297. The molecule has 0 aliphatic heterocycles. The lowest BCUT2D eigenvalue weighted by Gasteiger charge is -2.10. The van der Waals surface area contributed by atoms with E-state index in [1.165, 1.54) is 26.5 Å². The van der Waals surface area contributed by atoms with E-state index in [4.69, 9.17) is 18.9 Å². The van der Waals surface area contributed by atoms with Crippen LogP contribution in [0.15, 0.2) is 41.5 Å². The fraction of sp³-hybridized carbons (Fsp3) is 0.348. The van der Waals surface area contributed by atoms with Gasteiger partial charge in [0.2, 0.25) is 0 Å². The molecule has 0 bridgehead atoms. The number of amides is 2. The Kier molecular flexibility index (Phi) is 9.83. The molecule has 0 radical (unpaired) electrons. The Balaban J connectivity index is 1.86. The first-order valence-corrected chi connectivity index (χ1v) is 10.1. The summed E-state index contributed by atoms with van der Waals surface area (Å²) in [6.45, 7) is 2.47. The third kappa shape index (κ3) is 7.19.